The highest BCUT2D eigenvalue weighted by Crippen LogP contribution is 2.34. The summed E-state index contributed by atoms with van der Waals surface area (Å²) in [5.74, 6) is -1.01. The van der Waals surface area contributed by atoms with E-state index in [1.165, 1.54) is 22.6 Å². The van der Waals surface area contributed by atoms with Crippen LogP contribution in [0.3, 0.4) is 0 Å². The van der Waals surface area contributed by atoms with Crippen molar-refractivity contribution in [1.82, 2.24) is 9.55 Å². The van der Waals surface area contributed by atoms with Gasteiger partial charge in [-0.05, 0) is 31.0 Å². The van der Waals surface area contributed by atoms with E-state index < -0.39 is 23.0 Å². The molecule has 0 saturated heterocycles. The summed E-state index contributed by atoms with van der Waals surface area (Å²) in [7, 11) is 1.47. The number of nitrogens with zero attached hydrogens (tertiary/aromatic N) is 2. The number of benzene rings is 1. The molecule has 0 aliphatic heterocycles. The van der Waals surface area contributed by atoms with E-state index in [9.17, 15) is 18.8 Å². The molecular weight excluding hydrogens is 423 g/mol. The summed E-state index contributed by atoms with van der Waals surface area (Å²) >= 11 is 1.14. The number of ether oxygens (including phenoxy) is 1. The van der Waals surface area contributed by atoms with Gasteiger partial charge in [0.15, 0.2) is 5.69 Å². The minimum atomic E-state index is -0.760. The fourth-order valence-corrected chi connectivity index (χ4v) is 4.63. The first-order valence-corrected chi connectivity index (χ1v) is 10.7. The molecule has 3 N–H and O–H groups in total. The van der Waals surface area contributed by atoms with Crippen LogP contribution in [0.5, 0.6) is 0 Å². The lowest BCUT2D eigenvalue weighted by molar-refractivity contribution is 0.0979. The molecule has 1 aromatic carbocycles. The predicted octanol–water partition coefficient (Wildman–Crippen LogP) is 2.87. The zero-order valence-electron chi connectivity index (χ0n) is 17.7. The molecule has 0 aliphatic rings. The number of nitrogen functional groups attached to an aromatic ring is 1. The highest BCUT2D eigenvalue weighted by atomic mass is 32.1. The molecular formula is C21H25FN4O4S. The van der Waals surface area contributed by atoms with Gasteiger partial charge in [-0.2, -0.15) is 0 Å². The Morgan fingerprint density at radius 1 is 1.35 bits per heavy atom. The van der Waals surface area contributed by atoms with Crippen molar-refractivity contribution < 1.29 is 13.9 Å². The first-order chi connectivity index (χ1) is 14.8. The Hall–Kier alpha value is -2.98. The number of hydrogen-bond acceptors (Lipinski definition) is 6. The van der Waals surface area contributed by atoms with Crippen molar-refractivity contribution in [1.29, 1.82) is 0 Å². The lowest BCUT2D eigenvalue weighted by Gasteiger charge is -2.24. The number of methoxy groups -OCH3 is 1. The maximum Gasteiger partial charge on any atom is 0.330 e. The van der Waals surface area contributed by atoms with Crippen molar-refractivity contribution in [2.75, 3.05) is 30.9 Å². The number of anilines is 2. The van der Waals surface area contributed by atoms with Crippen LogP contribution in [0.25, 0.3) is 10.1 Å². The van der Waals surface area contributed by atoms with Gasteiger partial charge < -0.3 is 10.5 Å². The van der Waals surface area contributed by atoms with E-state index in [-0.39, 0.29) is 24.7 Å². The molecule has 0 radical (unpaired) electrons. The minimum absolute atomic E-state index is 0.0325. The first-order valence-electron chi connectivity index (χ1n) is 9.92. The van der Waals surface area contributed by atoms with Crippen LogP contribution in [0, 0.1) is 12.7 Å². The zero-order chi connectivity index (χ0) is 22.7. The number of hydrogen-bond donors (Lipinski definition) is 2. The van der Waals surface area contributed by atoms with Crippen LogP contribution in [0.1, 0.15) is 35.0 Å². The summed E-state index contributed by atoms with van der Waals surface area (Å²) in [5.41, 5.74) is 5.19. The number of rotatable bonds is 8. The van der Waals surface area contributed by atoms with Gasteiger partial charge in [-0.3, -0.25) is 24.0 Å². The highest BCUT2D eigenvalue weighted by molar-refractivity contribution is 7.21. The number of aromatic amines is 1. The molecule has 2 aromatic heterocycles. The number of fused-ring (bicyclic) bond motifs is 1. The number of nitrogens with one attached hydrogen (secondary N) is 1. The molecule has 3 aromatic rings. The van der Waals surface area contributed by atoms with Crippen LogP contribution in [0.2, 0.25) is 0 Å². The second-order valence-electron chi connectivity index (χ2n) is 7.12. The Morgan fingerprint density at radius 3 is 2.74 bits per heavy atom. The minimum Gasteiger partial charge on any atom is -0.383 e. The van der Waals surface area contributed by atoms with E-state index in [1.54, 1.807) is 19.1 Å². The van der Waals surface area contributed by atoms with Gasteiger partial charge in [-0.25, -0.2) is 9.18 Å². The van der Waals surface area contributed by atoms with Crippen molar-refractivity contribution in [2.24, 2.45) is 0 Å². The van der Waals surface area contributed by atoms with Crippen LogP contribution >= 0.6 is 11.3 Å². The van der Waals surface area contributed by atoms with E-state index in [4.69, 9.17) is 10.5 Å². The molecule has 8 nitrogen and oxygen atoms in total. The monoisotopic (exact) mass is 448 g/mol. The lowest BCUT2D eigenvalue weighted by Crippen LogP contribution is -2.42. The summed E-state index contributed by atoms with van der Waals surface area (Å²) in [5, 5.41) is 0.373. The Balaban J connectivity index is 2.17. The van der Waals surface area contributed by atoms with E-state index in [0.29, 0.717) is 33.5 Å². The van der Waals surface area contributed by atoms with Gasteiger partial charge in [0.1, 0.15) is 11.6 Å². The van der Waals surface area contributed by atoms with Crippen molar-refractivity contribution in [3.8, 4) is 0 Å². The van der Waals surface area contributed by atoms with Gasteiger partial charge in [0.2, 0.25) is 0 Å². The largest absolute Gasteiger partial charge is 0.383 e. The molecule has 0 spiro atoms. The molecule has 3 rings (SSSR count). The first kappa shape index (κ1) is 22.7. The van der Waals surface area contributed by atoms with Gasteiger partial charge in [0.05, 0.1) is 11.5 Å². The zero-order valence-corrected chi connectivity index (χ0v) is 18.5. The summed E-state index contributed by atoms with van der Waals surface area (Å²) in [6.45, 7) is 4.11. The molecule has 0 fully saturated rings. The molecule has 0 saturated carbocycles. The van der Waals surface area contributed by atoms with Gasteiger partial charge in [0.25, 0.3) is 11.5 Å². The van der Waals surface area contributed by atoms with Crippen molar-refractivity contribution >= 4 is 38.8 Å². The van der Waals surface area contributed by atoms with E-state index in [1.807, 2.05) is 6.92 Å². The van der Waals surface area contributed by atoms with Crippen LogP contribution < -0.4 is 21.9 Å². The number of aromatic nitrogens is 2. The number of carbonyl (C=O) groups excluding carboxylic acids is 1. The third kappa shape index (κ3) is 4.26. The van der Waals surface area contributed by atoms with Crippen LogP contribution in [-0.4, -0.2) is 35.7 Å². The molecule has 2 heterocycles. The number of unbranched alkanes of at least 4 members (excludes halogenated alkanes) is 1. The van der Waals surface area contributed by atoms with E-state index >= 15 is 0 Å². The Bertz CT molecular complexity index is 1230. The summed E-state index contributed by atoms with van der Waals surface area (Å²) in [4.78, 5) is 42.2. The predicted molar refractivity (Wildman–Crippen MR) is 121 cm³/mol. The smallest absolute Gasteiger partial charge is 0.330 e. The summed E-state index contributed by atoms with van der Waals surface area (Å²) in [6, 6.07) is 4.65. The maximum atomic E-state index is 14.3. The molecule has 0 bridgehead atoms. The molecule has 1 amide bonds. The quantitative estimate of drug-likeness (QED) is 0.551. The van der Waals surface area contributed by atoms with Gasteiger partial charge in [-0.1, -0.05) is 19.4 Å². The fraction of sp³-hybridized carbons (Fsp3) is 0.381. The lowest BCUT2D eigenvalue weighted by atomic mass is 10.1. The van der Waals surface area contributed by atoms with Crippen LogP contribution in [0.4, 0.5) is 15.9 Å². The number of carbonyl (C=O) groups is 1. The second-order valence-corrected chi connectivity index (χ2v) is 8.17. The molecule has 10 heteroatoms. The number of amides is 1. The average molecular weight is 449 g/mol. The molecule has 0 atom stereocenters. The fourth-order valence-electron chi connectivity index (χ4n) is 3.45. The summed E-state index contributed by atoms with van der Waals surface area (Å²) < 4.78 is 21.3. The molecule has 0 aliphatic carbocycles. The molecule has 31 heavy (non-hydrogen) atoms. The van der Waals surface area contributed by atoms with Gasteiger partial charge >= 0.3 is 5.69 Å². The summed E-state index contributed by atoms with van der Waals surface area (Å²) in [6.07, 6.45) is 1.50. The van der Waals surface area contributed by atoms with Crippen molar-refractivity contribution in [3.63, 3.8) is 0 Å². The number of aryl methyl sites for hydroxylation is 1. The van der Waals surface area contributed by atoms with Gasteiger partial charge in [-0.15, -0.1) is 11.3 Å². The second kappa shape index (κ2) is 9.44. The number of halogens is 1. The average Bonchev–Trinajstić information content (AvgIpc) is 3.07. The third-order valence-electron chi connectivity index (χ3n) is 5.08. The van der Waals surface area contributed by atoms with Crippen molar-refractivity contribution in [3.05, 3.63) is 55.3 Å². The van der Waals surface area contributed by atoms with Crippen LogP contribution in [0.15, 0.2) is 27.8 Å². The Kier molecular flexibility index (Phi) is 6.91. The normalized spacial score (nSPS) is 11.2. The number of nitrogens with two attached hydrogens (primary N) is 1. The number of thiophene rings is 1. The Labute approximate surface area is 182 Å². The topological polar surface area (TPSA) is 110 Å². The number of H-pyrrole nitrogens is 1. The SMILES string of the molecule is CCCCn1c(N)c(N(CCOC)C(=O)c2sc3cccc(F)c3c2C)c(=O)[nH]c1=O. The van der Waals surface area contributed by atoms with E-state index in [0.717, 1.165) is 17.8 Å². The Morgan fingerprint density at radius 2 is 2.10 bits per heavy atom. The molecule has 0 unspecified atom stereocenters. The van der Waals surface area contributed by atoms with Crippen molar-refractivity contribution in [2.45, 2.75) is 33.2 Å². The highest BCUT2D eigenvalue weighted by Gasteiger charge is 2.28. The van der Waals surface area contributed by atoms with Crippen LogP contribution in [-0.2, 0) is 11.3 Å². The maximum absolute atomic E-state index is 14.3. The standard InChI is InChI=1S/C21H25FN4O4S/c1-4-5-9-26-18(23)16(19(27)24-21(26)29)25(10-11-30-3)20(28)17-12(2)15-13(22)7-6-8-14(15)31-17/h6-8H,4-5,9-11,23H2,1-3H3,(H,24,27,29). The third-order valence-corrected chi connectivity index (χ3v) is 6.33. The molecule has 166 valence electrons. The van der Waals surface area contributed by atoms with Gasteiger partial charge in [0, 0.05) is 30.3 Å². The van der Waals surface area contributed by atoms with E-state index in [2.05, 4.69) is 4.98 Å².